The quantitative estimate of drug-likeness (QED) is 0.694. The summed E-state index contributed by atoms with van der Waals surface area (Å²) in [6.07, 6.45) is 1.81. The number of carbonyl (C=O) groups is 1. The van der Waals surface area contributed by atoms with Crippen LogP contribution in [0.4, 0.5) is 0 Å². The number of nitrogens with one attached hydrogen (secondary N) is 1. The standard InChI is InChI=1S/C22H30N2O3S/c1-5-7-19(4)23-22(25)16-24(15-20-9-6-8-18(3)14-20)28(26,27)21-12-10-17(2)11-13-21/h6,8-14,19H,5,7,15-16H2,1-4H3,(H,23,25)/t19-/m0/s1. The van der Waals surface area contributed by atoms with Gasteiger partial charge in [0, 0.05) is 12.6 Å². The Morgan fingerprint density at radius 2 is 1.75 bits per heavy atom. The Morgan fingerprint density at radius 1 is 1.07 bits per heavy atom. The van der Waals surface area contributed by atoms with Crippen molar-refractivity contribution in [1.29, 1.82) is 0 Å². The monoisotopic (exact) mass is 402 g/mol. The molecule has 0 spiro atoms. The molecule has 0 fully saturated rings. The topological polar surface area (TPSA) is 66.5 Å². The van der Waals surface area contributed by atoms with E-state index >= 15 is 0 Å². The third kappa shape index (κ3) is 6.17. The van der Waals surface area contributed by atoms with Gasteiger partial charge in [0.1, 0.15) is 0 Å². The van der Waals surface area contributed by atoms with Gasteiger partial charge in [-0.2, -0.15) is 4.31 Å². The van der Waals surface area contributed by atoms with Crippen molar-refractivity contribution in [2.24, 2.45) is 0 Å². The first-order valence-corrected chi connectivity index (χ1v) is 11.1. The van der Waals surface area contributed by atoms with Crippen LogP contribution in [0.2, 0.25) is 0 Å². The molecule has 1 amide bonds. The van der Waals surface area contributed by atoms with Gasteiger partial charge >= 0.3 is 0 Å². The molecule has 28 heavy (non-hydrogen) atoms. The summed E-state index contributed by atoms with van der Waals surface area (Å²) in [4.78, 5) is 12.7. The molecule has 2 aromatic rings. The fraction of sp³-hybridized carbons (Fsp3) is 0.409. The first kappa shape index (κ1) is 22.1. The lowest BCUT2D eigenvalue weighted by molar-refractivity contribution is -0.122. The third-order valence-corrected chi connectivity index (χ3v) is 6.36. The predicted molar refractivity (Wildman–Crippen MR) is 112 cm³/mol. The molecule has 152 valence electrons. The molecule has 0 aliphatic rings. The summed E-state index contributed by atoms with van der Waals surface area (Å²) in [5.74, 6) is -0.288. The molecule has 1 N–H and O–H groups in total. The van der Waals surface area contributed by atoms with Crippen LogP contribution in [-0.2, 0) is 21.4 Å². The van der Waals surface area contributed by atoms with Crippen LogP contribution in [0.3, 0.4) is 0 Å². The smallest absolute Gasteiger partial charge is 0.243 e. The maximum Gasteiger partial charge on any atom is 0.243 e. The van der Waals surface area contributed by atoms with E-state index in [0.29, 0.717) is 0 Å². The summed E-state index contributed by atoms with van der Waals surface area (Å²) in [5, 5.41) is 2.90. The van der Waals surface area contributed by atoms with E-state index in [9.17, 15) is 13.2 Å². The van der Waals surface area contributed by atoms with Crippen molar-refractivity contribution in [1.82, 2.24) is 9.62 Å². The van der Waals surface area contributed by atoms with Crippen LogP contribution in [0, 0.1) is 13.8 Å². The number of sulfonamides is 1. The average Bonchev–Trinajstić information content (AvgIpc) is 2.61. The average molecular weight is 403 g/mol. The van der Waals surface area contributed by atoms with E-state index in [1.54, 1.807) is 24.3 Å². The van der Waals surface area contributed by atoms with Gasteiger partial charge in [-0.05, 0) is 44.9 Å². The minimum Gasteiger partial charge on any atom is -0.353 e. The molecule has 0 aliphatic carbocycles. The van der Waals surface area contributed by atoms with E-state index < -0.39 is 10.0 Å². The zero-order valence-electron chi connectivity index (χ0n) is 17.1. The summed E-state index contributed by atoms with van der Waals surface area (Å²) >= 11 is 0. The number of benzene rings is 2. The molecular formula is C22H30N2O3S. The molecule has 2 rings (SSSR count). The Hall–Kier alpha value is -2.18. The van der Waals surface area contributed by atoms with Gasteiger partial charge in [0.2, 0.25) is 15.9 Å². The summed E-state index contributed by atoms with van der Waals surface area (Å²) < 4.78 is 27.7. The van der Waals surface area contributed by atoms with Gasteiger partial charge in [0.05, 0.1) is 11.4 Å². The predicted octanol–water partition coefficient (Wildman–Crippen LogP) is 3.80. The highest BCUT2D eigenvalue weighted by Gasteiger charge is 2.27. The van der Waals surface area contributed by atoms with Crippen LogP contribution in [0.15, 0.2) is 53.4 Å². The van der Waals surface area contributed by atoms with Crippen molar-refractivity contribution in [3.63, 3.8) is 0 Å². The second-order valence-corrected chi connectivity index (χ2v) is 9.27. The molecule has 0 saturated heterocycles. The van der Waals surface area contributed by atoms with Crippen molar-refractivity contribution < 1.29 is 13.2 Å². The molecule has 5 nitrogen and oxygen atoms in total. The molecule has 2 aromatic carbocycles. The normalized spacial score (nSPS) is 12.8. The summed E-state index contributed by atoms with van der Waals surface area (Å²) in [6.45, 7) is 7.78. The zero-order chi connectivity index (χ0) is 20.7. The lowest BCUT2D eigenvalue weighted by atomic mass is 10.1. The molecular weight excluding hydrogens is 372 g/mol. The Kier molecular flexibility index (Phi) is 7.78. The minimum absolute atomic E-state index is 0.0143. The van der Waals surface area contributed by atoms with Crippen LogP contribution >= 0.6 is 0 Å². The van der Waals surface area contributed by atoms with E-state index in [1.807, 2.05) is 45.0 Å². The van der Waals surface area contributed by atoms with Gasteiger partial charge in [-0.15, -0.1) is 0 Å². The number of rotatable bonds is 9. The first-order valence-electron chi connectivity index (χ1n) is 9.64. The SMILES string of the molecule is CCC[C@H](C)NC(=O)CN(Cc1cccc(C)c1)S(=O)(=O)c1ccc(C)cc1. The molecule has 1 atom stereocenters. The molecule has 0 heterocycles. The largest absolute Gasteiger partial charge is 0.353 e. The van der Waals surface area contributed by atoms with Crippen LogP contribution < -0.4 is 5.32 Å². The minimum atomic E-state index is -3.80. The first-order chi connectivity index (χ1) is 13.2. The highest BCUT2D eigenvalue weighted by atomic mass is 32.2. The van der Waals surface area contributed by atoms with Crippen molar-refractivity contribution >= 4 is 15.9 Å². The number of carbonyl (C=O) groups excluding carboxylic acids is 1. The summed E-state index contributed by atoms with van der Waals surface area (Å²) in [6, 6.07) is 14.4. The van der Waals surface area contributed by atoms with Crippen LogP contribution in [0.25, 0.3) is 0 Å². The lowest BCUT2D eigenvalue weighted by Crippen LogP contribution is -2.43. The second kappa shape index (κ2) is 9.85. The Balaban J connectivity index is 2.29. The molecule has 0 bridgehead atoms. The Morgan fingerprint density at radius 3 is 2.36 bits per heavy atom. The molecule has 0 aliphatic heterocycles. The number of aryl methyl sites for hydroxylation is 2. The van der Waals surface area contributed by atoms with Crippen molar-refractivity contribution in [2.45, 2.75) is 58.0 Å². The highest BCUT2D eigenvalue weighted by Crippen LogP contribution is 2.19. The summed E-state index contributed by atoms with van der Waals surface area (Å²) in [5.41, 5.74) is 2.88. The van der Waals surface area contributed by atoms with Gasteiger partial charge in [0.25, 0.3) is 0 Å². The fourth-order valence-corrected chi connectivity index (χ4v) is 4.47. The van der Waals surface area contributed by atoms with Gasteiger partial charge in [0.15, 0.2) is 0 Å². The van der Waals surface area contributed by atoms with E-state index in [-0.39, 0.29) is 29.9 Å². The number of hydrogen-bond acceptors (Lipinski definition) is 3. The number of nitrogens with zero attached hydrogens (tertiary/aromatic N) is 1. The van der Waals surface area contributed by atoms with Crippen molar-refractivity contribution in [3.05, 3.63) is 65.2 Å². The Bertz CT molecular complexity index is 892. The van der Waals surface area contributed by atoms with Crippen molar-refractivity contribution in [2.75, 3.05) is 6.54 Å². The van der Waals surface area contributed by atoms with E-state index in [1.165, 1.54) is 4.31 Å². The number of hydrogen-bond donors (Lipinski definition) is 1. The van der Waals surface area contributed by atoms with Gasteiger partial charge in [-0.3, -0.25) is 4.79 Å². The van der Waals surface area contributed by atoms with Crippen molar-refractivity contribution in [3.8, 4) is 0 Å². The summed E-state index contributed by atoms with van der Waals surface area (Å²) in [7, 11) is -3.80. The van der Waals surface area contributed by atoms with E-state index in [2.05, 4.69) is 12.2 Å². The van der Waals surface area contributed by atoms with Crippen LogP contribution in [-0.4, -0.2) is 31.2 Å². The van der Waals surface area contributed by atoms with Gasteiger partial charge < -0.3 is 5.32 Å². The molecule has 0 unspecified atom stereocenters. The lowest BCUT2D eigenvalue weighted by Gasteiger charge is -2.23. The van der Waals surface area contributed by atoms with Gasteiger partial charge in [-0.1, -0.05) is 60.9 Å². The molecule has 6 heteroatoms. The highest BCUT2D eigenvalue weighted by molar-refractivity contribution is 7.89. The maximum absolute atomic E-state index is 13.2. The molecule has 0 saturated carbocycles. The molecule has 0 radical (unpaired) electrons. The number of amides is 1. The zero-order valence-corrected chi connectivity index (χ0v) is 17.9. The fourth-order valence-electron chi connectivity index (χ4n) is 3.09. The van der Waals surface area contributed by atoms with Gasteiger partial charge in [-0.25, -0.2) is 8.42 Å². The Labute approximate surface area is 168 Å². The maximum atomic E-state index is 13.2. The second-order valence-electron chi connectivity index (χ2n) is 7.33. The van der Waals surface area contributed by atoms with Crippen LogP contribution in [0.5, 0.6) is 0 Å². The van der Waals surface area contributed by atoms with E-state index in [0.717, 1.165) is 29.5 Å². The third-order valence-electron chi connectivity index (χ3n) is 4.55. The van der Waals surface area contributed by atoms with E-state index in [4.69, 9.17) is 0 Å². The van der Waals surface area contributed by atoms with Crippen LogP contribution in [0.1, 0.15) is 43.4 Å². The molecule has 0 aromatic heterocycles.